The number of carbonyl (C=O) groups is 2. The number of hydrogen-bond donors (Lipinski definition) is 1. The Bertz CT molecular complexity index is 848. The lowest BCUT2D eigenvalue weighted by atomic mass is 9.95. The Morgan fingerprint density at radius 3 is 2.46 bits per heavy atom. The van der Waals surface area contributed by atoms with Gasteiger partial charge in [-0.05, 0) is 12.0 Å². The van der Waals surface area contributed by atoms with Crippen molar-refractivity contribution in [2.24, 2.45) is 11.7 Å². The van der Waals surface area contributed by atoms with Gasteiger partial charge in [-0.2, -0.15) is 0 Å². The molecule has 9 heteroatoms. The van der Waals surface area contributed by atoms with Gasteiger partial charge in [-0.3, -0.25) is 9.59 Å². The Kier molecular flexibility index (Phi) is 6.03. The number of hydrogen-bond acceptors (Lipinski definition) is 5. The van der Waals surface area contributed by atoms with Gasteiger partial charge in [-0.1, -0.05) is 30.3 Å². The number of nitrogens with two attached hydrogens (primary N) is 1. The minimum atomic E-state index is -3.06. The minimum Gasteiger partial charge on any atom is -0.340 e. The van der Waals surface area contributed by atoms with Crippen LogP contribution in [0.1, 0.15) is 24.3 Å². The Morgan fingerprint density at radius 1 is 1.11 bits per heavy atom. The minimum absolute atomic E-state index is 0. The number of carbonyl (C=O) groups excluding carboxylic acids is 2. The first-order valence-electron chi connectivity index (χ1n) is 9.43. The highest BCUT2D eigenvalue weighted by Crippen LogP contribution is 2.31. The van der Waals surface area contributed by atoms with E-state index in [9.17, 15) is 18.0 Å². The van der Waals surface area contributed by atoms with Gasteiger partial charge in [-0.25, -0.2) is 8.42 Å². The monoisotopic (exact) mass is 427 g/mol. The van der Waals surface area contributed by atoms with E-state index in [1.807, 2.05) is 30.3 Å². The molecule has 2 N–H and O–H groups in total. The Labute approximate surface area is 171 Å². The van der Waals surface area contributed by atoms with E-state index in [1.54, 1.807) is 9.80 Å². The van der Waals surface area contributed by atoms with E-state index in [4.69, 9.17) is 5.73 Å². The standard InChI is InChI=1S/C19H25N3O4S.ClH/c20-17-11-21(10-16(17)13-4-2-1-3-5-13)19(24)14-8-18(23)22(9-14)15-6-7-27(25,26)12-15;/h1-5,14-17H,6-12,20H2;1H/t14?,15?,16-,17+;/m0./s1. The van der Waals surface area contributed by atoms with Gasteiger partial charge in [0.2, 0.25) is 11.8 Å². The van der Waals surface area contributed by atoms with E-state index < -0.39 is 15.8 Å². The van der Waals surface area contributed by atoms with Crippen LogP contribution in [0.4, 0.5) is 0 Å². The molecule has 0 aliphatic carbocycles. The topological polar surface area (TPSA) is 101 Å². The SMILES string of the molecule is Cl.N[C@@H]1CN(C(=O)C2CC(=O)N(C3CCS(=O)(=O)C3)C2)C[C@H]1c1ccccc1. The Balaban J connectivity index is 0.00000225. The number of rotatable bonds is 3. The molecule has 1 aromatic carbocycles. The molecule has 2 amide bonds. The maximum atomic E-state index is 13.0. The maximum Gasteiger partial charge on any atom is 0.228 e. The summed E-state index contributed by atoms with van der Waals surface area (Å²) in [4.78, 5) is 28.7. The van der Waals surface area contributed by atoms with E-state index >= 15 is 0 Å². The first-order valence-corrected chi connectivity index (χ1v) is 11.3. The molecule has 4 atom stereocenters. The van der Waals surface area contributed by atoms with Gasteiger partial charge < -0.3 is 15.5 Å². The molecule has 154 valence electrons. The lowest BCUT2D eigenvalue weighted by molar-refractivity contribution is -0.135. The summed E-state index contributed by atoms with van der Waals surface area (Å²) in [6, 6.07) is 9.54. The van der Waals surface area contributed by atoms with Crippen molar-refractivity contribution < 1.29 is 18.0 Å². The van der Waals surface area contributed by atoms with Gasteiger partial charge in [0.25, 0.3) is 0 Å². The second-order valence-corrected chi connectivity index (χ2v) is 10.2. The predicted molar refractivity (Wildman–Crippen MR) is 108 cm³/mol. The number of nitrogens with zero attached hydrogens (tertiary/aromatic N) is 2. The van der Waals surface area contributed by atoms with Crippen LogP contribution < -0.4 is 5.73 Å². The average molecular weight is 428 g/mol. The summed E-state index contributed by atoms with van der Waals surface area (Å²) in [5.74, 6) is -0.311. The van der Waals surface area contributed by atoms with Crippen LogP contribution in [0.25, 0.3) is 0 Å². The molecule has 3 fully saturated rings. The molecule has 3 saturated heterocycles. The molecule has 4 rings (SSSR count). The summed E-state index contributed by atoms with van der Waals surface area (Å²) in [6.07, 6.45) is 0.636. The van der Waals surface area contributed by atoms with E-state index in [1.165, 1.54) is 0 Å². The zero-order chi connectivity index (χ0) is 19.2. The highest BCUT2D eigenvalue weighted by molar-refractivity contribution is 7.91. The average Bonchev–Trinajstić information content (AvgIpc) is 3.31. The van der Waals surface area contributed by atoms with Crippen LogP contribution in [0.3, 0.4) is 0 Å². The van der Waals surface area contributed by atoms with Gasteiger partial charge in [0.15, 0.2) is 9.84 Å². The maximum absolute atomic E-state index is 13.0. The summed E-state index contributed by atoms with van der Waals surface area (Å²) in [6.45, 7) is 1.37. The van der Waals surface area contributed by atoms with Crippen molar-refractivity contribution in [3.8, 4) is 0 Å². The Morgan fingerprint density at radius 2 is 1.82 bits per heavy atom. The van der Waals surface area contributed by atoms with Crippen LogP contribution in [0.15, 0.2) is 30.3 Å². The molecule has 3 heterocycles. The first kappa shape index (κ1) is 21.1. The van der Waals surface area contributed by atoms with Crippen molar-refractivity contribution in [2.75, 3.05) is 31.1 Å². The molecule has 3 aliphatic rings. The van der Waals surface area contributed by atoms with Gasteiger partial charge in [0.05, 0.1) is 17.4 Å². The second kappa shape index (κ2) is 8.00. The van der Waals surface area contributed by atoms with E-state index in [0.717, 1.165) is 5.56 Å². The number of amides is 2. The van der Waals surface area contributed by atoms with E-state index in [0.29, 0.717) is 26.1 Å². The largest absolute Gasteiger partial charge is 0.340 e. The molecule has 0 radical (unpaired) electrons. The third-order valence-corrected chi connectivity index (χ3v) is 7.81. The van der Waals surface area contributed by atoms with Crippen molar-refractivity contribution in [3.63, 3.8) is 0 Å². The summed E-state index contributed by atoms with van der Waals surface area (Å²) < 4.78 is 23.4. The lowest BCUT2D eigenvalue weighted by Crippen LogP contribution is -2.40. The van der Waals surface area contributed by atoms with Gasteiger partial charge in [-0.15, -0.1) is 12.4 Å². The summed E-state index contributed by atoms with van der Waals surface area (Å²) in [5, 5.41) is 0. The molecule has 28 heavy (non-hydrogen) atoms. The van der Waals surface area contributed by atoms with E-state index in [-0.39, 0.29) is 60.1 Å². The number of likely N-dealkylation sites (tertiary alicyclic amines) is 2. The molecule has 0 bridgehead atoms. The number of halogens is 1. The molecule has 0 spiro atoms. The Hall–Kier alpha value is -1.64. The third-order valence-electron chi connectivity index (χ3n) is 6.06. The van der Waals surface area contributed by atoms with Gasteiger partial charge in [0, 0.05) is 44.1 Å². The fourth-order valence-corrected chi connectivity index (χ4v) is 6.32. The van der Waals surface area contributed by atoms with Crippen LogP contribution in [0, 0.1) is 5.92 Å². The summed E-state index contributed by atoms with van der Waals surface area (Å²) in [5.41, 5.74) is 7.41. The molecule has 7 nitrogen and oxygen atoms in total. The van der Waals surface area contributed by atoms with Crippen molar-refractivity contribution in [2.45, 2.75) is 30.8 Å². The molecule has 0 aromatic heterocycles. The fourth-order valence-electron chi connectivity index (χ4n) is 4.59. The highest BCUT2D eigenvalue weighted by atomic mass is 35.5. The third kappa shape index (κ3) is 4.04. The quantitative estimate of drug-likeness (QED) is 0.752. The van der Waals surface area contributed by atoms with Crippen LogP contribution >= 0.6 is 12.4 Å². The van der Waals surface area contributed by atoms with Crippen molar-refractivity contribution >= 4 is 34.1 Å². The van der Waals surface area contributed by atoms with Crippen molar-refractivity contribution in [1.29, 1.82) is 0 Å². The van der Waals surface area contributed by atoms with E-state index in [2.05, 4.69) is 0 Å². The van der Waals surface area contributed by atoms with Crippen LogP contribution in [-0.2, 0) is 19.4 Å². The van der Waals surface area contributed by atoms with Gasteiger partial charge in [0.1, 0.15) is 0 Å². The molecule has 3 aliphatic heterocycles. The number of sulfone groups is 1. The van der Waals surface area contributed by atoms with Crippen LogP contribution in [-0.4, -0.2) is 73.3 Å². The zero-order valence-corrected chi connectivity index (χ0v) is 17.2. The fraction of sp³-hybridized carbons (Fsp3) is 0.579. The normalized spacial score (nSPS) is 31.8. The molecule has 2 unspecified atom stereocenters. The first-order chi connectivity index (χ1) is 12.8. The van der Waals surface area contributed by atoms with Crippen LogP contribution in [0.2, 0.25) is 0 Å². The lowest BCUT2D eigenvalue weighted by Gasteiger charge is -2.24. The second-order valence-electron chi connectivity index (χ2n) is 7.93. The molecular formula is C19H26ClN3O4S. The molecular weight excluding hydrogens is 402 g/mol. The number of benzene rings is 1. The van der Waals surface area contributed by atoms with Crippen LogP contribution in [0.5, 0.6) is 0 Å². The summed E-state index contributed by atoms with van der Waals surface area (Å²) in [7, 11) is -3.06. The van der Waals surface area contributed by atoms with Crippen molar-refractivity contribution in [3.05, 3.63) is 35.9 Å². The van der Waals surface area contributed by atoms with Gasteiger partial charge >= 0.3 is 0 Å². The smallest absolute Gasteiger partial charge is 0.228 e. The zero-order valence-electron chi connectivity index (χ0n) is 15.6. The predicted octanol–water partition coefficient (Wildman–Crippen LogP) is 0.397. The molecule has 1 aromatic rings. The summed E-state index contributed by atoms with van der Waals surface area (Å²) >= 11 is 0. The molecule has 0 saturated carbocycles. The van der Waals surface area contributed by atoms with Crippen molar-refractivity contribution in [1.82, 2.24) is 9.80 Å². The highest BCUT2D eigenvalue weighted by Gasteiger charge is 2.44.